The summed E-state index contributed by atoms with van der Waals surface area (Å²) in [6.07, 6.45) is 0. The van der Waals surface area contributed by atoms with Crippen molar-refractivity contribution in [3.8, 4) is 0 Å². The highest BCUT2D eigenvalue weighted by atomic mass is 79.9. The third-order valence-corrected chi connectivity index (χ3v) is 6.38. The first-order valence-corrected chi connectivity index (χ1v) is 11.6. The Labute approximate surface area is 196 Å². The molecule has 3 aromatic rings. The number of anilines is 1. The fourth-order valence-electron chi connectivity index (χ4n) is 4.05. The summed E-state index contributed by atoms with van der Waals surface area (Å²) in [6, 6.07) is 27.0. The lowest BCUT2D eigenvalue weighted by atomic mass is 9.96. The van der Waals surface area contributed by atoms with Crippen LogP contribution in [0.1, 0.15) is 17.2 Å². The van der Waals surface area contributed by atoms with Gasteiger partial charge in [0.25, 0.3) is 0 Å². The molecule has 31 heavy (non-hydrogen) atoms. The lowest BCUT2D eigenvalue weighted by Crippen LogP contribution is -2.49. The Morgan fingerprint density at radius 2 is 1.48 bits per heavy atom. The molecule has 0 radical (unpaired) electrons. The molecule has 1 saturated heterocycles. The molecule has 1 N–H and O–H groups in total. The maximum Gasteiger partial charge on any atom is 0.238 e. The van der Waals surface area contributed by atoms with Gasteiger partial charge in [0, 0.05) is 30.7 Å². The standard InChI is InChI=1S/C25H25BrClN3O/c26-21-11-12-23(22(27)17-21)28-24(31)18-29-13-15-30(16-14-29)25(19-7-3-1-4-8-19)20-9-5-2-6-10-20/h1-12,17,25H,13-16,18H2,(H,28,31). The second-order valence-electron chi connectivity index (χ2n) is 7.71. The van der Waals surface area contributed by atoms with Crippen molar-refractivity contribution < 1.29 is 4.79 Å². The monoisotopic (exact) mass is 497 g/mol. The number of amides is 1. The molecule has 1 heterocycles. The number of carbonyl (C=O) groups excluding carboxylic acids is 1. The van der Waals surface area contributed by atoms with E-state index in [1.807, 2.05) is 12.1 Å². The lowest BCUT2D eigenvalue weighted by Gasteiger charge is -2.39. The van der Waals surface area contributed by atoms with E-state index in [1.165, 1.54) is 11.1 Å². The first-order valence-electron chi connectivity index (χ1n) is 10.4. The molecule has 6 heteroatoms. The molecule has 0 saturated carbocycles. The van der Waals surface area contributed by atoms with Gasteiger partial charge in [-0.05, 0) is 29.3 Å². The minimum Gasteiger partial charge on any atom is -0.324 e. The molecule has 0 aromatic heterocycles. The summed E-state index contributed by atoms with van der Waals surface area (Å²) in [5.74, 6) is -0.0414. The number of hydrogen-bond acceptors (Lipinski definition) is 3. The van der Waals surface area contributed by atoms with Crippen LogP contribution in [0.3, 0.4) is 0 Å². The number of halogens is 2. The molecule has 0 bridgehead atoms. The van der Waals surface area contributed by atoms with Gasteiger partial charge in [-0.2, -0.15) is 0 Å². The maximum atomic E-state index is 12.5. The lowest BCUT2D eigenvalue weighted by molar-refractivity contribution is -0.117. The third kappa shape index (κ3) is 5.74. The van der Waals surface area contributed by atoms with Crippen LogP contribution in [-0.4, -0.2) is 48.4 Å². The highest BCUT2D eigenvalue weighted by molar-refractivity contribution is 9.10. The van der Waals surface area contributed by atoms with Crippen LogP contribution in [0.5, 0.6) is 0 Å². The first-order chi connectivity index (χ1) is 15.1. The SMILES string of the molecule is O=C(CN1CCN(C(c2ccccc2)c2ccccc2)CC1)Nc1ccc(Br)cc1Cl. The average molecular weight is 499 g/mol. The van der Waals surface area contributed by atoms with Gasteiger partial charge < -0.3 is 5.32 Å². The van der Waals surface area contributed by atoms with Crippen LogP contribution >= 0.6 is 27.5 Å². The molecular weight excluding hydrogens is 474 g/mol. The van der Waals surface area contributed by atoms with Gasteiger partial charge in [0.2, 0.25) is 5.91 Å². The summed E-state index contributed by atoms with van der Waals surface area (Å²) in [5.41, 5.74) is 3.23. The van der Waals surface area contributed by atoms with Crippen LogP contribution < -0.4 is 5.32 Å². The van der Waals surface area contributed by atoms with Gasteiger partial charge in [-0.1, -0.05) is 88.2 Å². The molecule has 4 nitrogen and oxygen atoms in total. The third-order valence-electron chi connectivity index (χ3n) is 5.58. The van der Waals surface area contributed by atoms with Gasteiger partial charge >= 0.3 is 0 Å². The highest BCUT2D eigenvalue weighted by Gasteiger charge is 2.27. The molecule has 1 fully saturated rings. The molecule has 1 aliphatic heterocycles. The summed E-state index contributed by atoms with van der Waals surface area (Å²) in [5, 5.41) is 3.45. The summed E-state index contributed by atoms with van der Waals surface area (Å²) < 4.78 is 0.887. The number of benzene rings is 3. The minimum absolute atomic E-state index is 0.0414. The molecular formula is C25H25BrClN3O. The van der Waals surface area contributed by atoms with Crippen LogP contribution in [0.4, 0.5) is 5.69 Å². The van der Waals surface area contributed by atoms with Crippen molar-refractivity contribution in [2.75, 3.05) is 38.0 Å². The fraction of sp³-hybridized carbons (Fsp3) is 0.240. The Morgan fingerprint density at radius 1 is 0.903 bits per heavy atom. The Morgan fingerprint density at radius 3 is 2.03 bits per heavy atom. The van der Waals surface area contributed by atoms with Gasteiger partial charge in [-0.25, -0.2) is 0 Å². The van der Waals surface area contributed by atoms with Crippen molar-refractivity contribution in [3.05, 3.63) is 99.5 Å². The van der Waals surface area contributed by atoms with Crippen molar-refractivity contribution in [1.82, 2.24) is 9.80 Å². The zero-order valence-corrected chi connectivity index (χ0v) is 19.5. The van der Waals surface area contributed by atoms with Crippen LogP contribution in [0.15, 0.2) is 83.3 Å². The largest absolute Gasteiger partial charge is 0.324 e. The normalized spacial score (nSPS) is 15.2. The van der Waals surface area contributed by atoms with E-state index < -0.39 is 0 Å². The Bertz CT molecular complexity index is 968. The Balaban J connectivity index is 1.38. The van der Waals surface area contributed by atoms with Gasteiger partial charge in [0.1, 0.15) is 0 Å². The van der Waals surface area contributed by atoms with Crippen LogP contribution in [0.25, 0.3) is 0 Å². The van der Waals surface area contributed by atoms with Crippen LogP contribution in [-0.2, 0) is 4.79 Å². The van der Waals surface area contributed by atoms with Crippen molar-refractivity contribution in [1.29, 1.82) is 0 Å². The molecule has 0 atom stereocenters. The minimum atomic E-state index is -0.0414. The van der Waals surface area contributed by atoms with Gasteiger partial charge in [0.05, 0.1) is 23.3 Å². The average Bonchev–Trinajstić information content (AvgIpc) is 2.79. The predicted octanol–water partition coefficient (Wildman–Crippen LogP) is 5.45. The van der Waals surface area contributed by atoms with Crippen molar-refractivity contribution in [2.24, 2.45) is 0 Å². The predicted molar refractivity (Wildman–Crippen MR) is 131 cm³/mol. The van der Waals surface area contributed by atoms with E-state index in [9.17, 15) is 4.79 Å². The van der Waals surface area contributed by atoms with E-state index in [0.29, 0.717) is 17.3 Å². The van der Waals surface area contributed by atoms with Gasteiger partial charge in [-0.3, -0.25) is 14.6 Å². The van der Waals surface area contributed by atoms with Crippen molar-refractivity contribution >= 4 is 39.1 Å². The molecule has 1 aliphatic rings. The van der Waals surface area contributed by atoms with E-state index in [-0.39, 0.29) is 11.9 Å². The molecule has 0 spiro atoms. The van der Waals surface area contributed by atoms with E-state index in [2.05, 4.69) is 91.7 Å². The smallest absolute Gasteiger partial charge is 0.238 e. The molecule has 0 unspecified atom stereocenters. The molecule has 0 aliphatic carbocycles. The number of hydrogen-bond donors (Lipinski definition) is 1. The van der Waals surface area contributed by atoms with Gasteiger partial charge in [0.15, 0.2) is 0 Å². The van der Waals surface area contributed by atoms with E-state index >= 15 is 0 Å². The molecule has 160 valence electrons. The summed E-state index contributed by atoms with van der Waals surface area (Å²) >= 11 is 9.60. The van der Waals surface area contributed by atoms with Crippen LogP contribution in [0.2, 0.25) is 5.02 Å². The van der Waals surface area contributed by atoms with E-state index in [0.717, 1.165) is 30.7 Å². The maximum absolute atomic E-state index is 12.5. The summed E-state index contributed by atoms with van der Waals surface area (Å²) in [7, 11) is 0. The van der Waals surface area contributed by atoms with Crippen molar-refractivity contribution in [2.45, 2.75) is 6.04 Å². The number of nitrogens with one attached hydrogen (secondary N) is 1. The quantitative estimate of drug-likeness (QED) is 0.491. The highest BCUT2D eigenvalue weighted by Crippen LogP contribution is 2.29. The molecule has 1 amide bonds. The van der Waals surface area contributed by atoms with Crippen LogP contribution in [0, 0.1) is 0 Å². The van der Waals surface area contributed by atoms with Gasteiger partial charge in [-0.15, -0.1) is 0 Å². The zero-order valence-electron chi connectivity index (χ0n) is 17.2. The summed E-state index contributed by atoms with van der Waals surface area (Å²) in [4.78, 5) is 17.2. The second-order valence-corrected chi connectivity index (χ2v) is 9.03. The van der Waals surface area contributed by atoms with E-state index in [1.54, 1.807) is 6.07 Å². The second kappa shape index (κ2) is 10.4. The molecule has 3 aromatic carbocycles. The number of carbonyl (C=O) groups is 1. The first kappa shape index (κ1) is 22.0. The fourth-order valence-corrected chi connectivity index (χ4v) is 4.77. The van der Waals surface area contributed by atoms with E-state index in [4.69, 9.17) is 11.6 Å². The number of piperazine rings is 1. The summed E-state index contributed by atoms with van der Waals surface area (Å²) in [6.45, 7) is 3.86. The van der Waals surface area contributed by atoms with Crippen molar-refractivity contribution in [3.63, 3.8) is 0 Å². The number of nitrogens with zero attached hydrogens (tertiary/aromatic N) is 2. The number of rotatable bonds is 6. The Kier molecular flexibility index (Phi) is 7.41. The molecule has 4 rings (SSSR count). The zero-order chi connectivity index (χ0) is 21.6. The Hall–Kier alpha value is -2.18. The topological polar surface area (TPSA) is 35.6 Å².